The Morgan fingerprint density at radius 1 is 0.645 bits per heavy atom. The average molecular weight is 465 g/mol. The summed E-state index contributed by atoms with van der Waals surface area (Å²) in [5.41, 5.74) is 21.0. The molecule has 2 aliphatic heterocycles. The lowest BCUT2D eigenvalue weighted by Gasteiger charge is -2.17. The fourth-order valence-electron chi connectivity index (χ4n) is 3.36. The van der Waals surface area contributed by atoms with Crippen LogP contribution in [0.25, 0.3) is 0 Å². The molecule has 0 unspecified atom stereocenters. The first-order valence-electron chi connectivity index (χ1n) is 10.8. The van der Waals surface area contributed by atoms with E-state index in [1.807, 2.05) is 0 Å². The van der Waals surface area contributed by atoms with Gasteiger partial charge in [0.25, 0.3) is 0 Å². The van der Waals surface area contributed by atoms with E-state index in [9.17, 15) is 0 Å². The van der Waals surface area contributed by atoms with Crippen molar-refractivity contribution in [1.29, 1.82) is 0 Å². The summed E-state index contributed by atoms with van der Waals surface area (Å²) in [7, 11) is -5.17. The van der Waals surface area contributed by atoms with Gasteiger partial charge in [-0.3, -0.25) is 18.4 Å². The zero-order valence-corrected chi connectivity index (χ0v) is 19.3. The summed E-state index contributed by atoms with van der Waals surface area (Å²) in [5.74, 6) is 0.407. The highest BCUT2D eigenvalue weighted by Gasteiger charge is 2.08. The van der Waals surface area contributed by atoms with Gasteiger partial charge in [-0.15, -0.1) is 0 Å². The van der Waals surface area contributed by atoms with Crippen LogP contribution in [0.15, 0.2) is 9.98 Å². The molecule has 0 aliphatic carbocycles. The molecule has 12 nitrogen and oxygen atoms in total. The molecule has 0 spiro atoms. The van der Waals surface area contributed by atoms with Crippen LogP contribution in [0.4, 0.5) is 0 Å². The van der Waals surface area contributed by atoms with Gasteiger partial charge in [-0.25, -0.2) is 0 Å². The Balaban J connectivity index is 0.000000479. The van der Waals surface area contributed by atoms with Crippen LogP contribution in [0.5, 0.6) is 0 Å². The van der Waals surface area contributed by atoms with E-state index < -0.39 is 10.4 Å². The topological polar surface area (TPSA) is 216 Å². The van der Waals surface area contributed by atoms with Crippen LogP contribution in [0, 0.1) is 0 Å². The van der Waals surface area contributed by atoms with Gasteiger partial charge >= 0.3 is 0 Å². The molecule has 0 bridgehead atoms. The molecule has 31 heavy (non-hydrogen) atoms. The number of nitrogens with two attached hydrogens (primary N) is 4. The molecule has 184 valence electrons. The first-order valence-corrected chi connectivity index (χ1v) is 12.1. The van der Waals surface area contributed by atoms with Gasteiger partial charge in [0.05, 0.1) is 13.1 Å². The van der Waals surface area contributed by atoms with Crippen LogP contribution in [-0.2, 0) is 10.4 Å². The number of hydrogen-bond acceptors (Lipinski definition) is 8. The zero-order valence-electron chi connectivity index (χ0n) is 18.5. The van der Waals surface area contributed by atoms with E-state index in [0.717, 1.165) is 26.2 Å². The van der Waals surface area contributed by atoms with Crippen LogP contribution in [0.3, 0.4) is 0 Å². The summed E-state index contributed by atoms with van der Waals surface area (Å²) in [6, 6.07) is 0. The number of nitrogens with zero attached hydrogens (tertiary/aromatic N) is 4. The lowest BCUT2D eigenvalue weighted by molar-refractivity contribution is 0.293. The molecule has 0 aromatic rings. The summed E-state index contributed by atoms with van der Waals surface area (Å²) in [6.07, 6.45) is 10.8. The predicted molar refractivity (Wildman–Crippen MR) is 122 cm³/mol. The lowest BCUT2D eigenvalue weighted by Crippen LogP contribution is -2.29. The third-order valence-corrected chi connectivity index (χ3v) is 4.82. The first-order chi connectivity index (χ1) is 14.6. The molecule has 0 atom stereocenters. The molecule has 13 heteroatoms. The minimum atomic E-state index is -5.17. The van der Waals surface area contributed by atoms with E-state index in [4.69, 9.17) is 40.5 Å². The van der Waals surface area contributed by atoms with E-state index in [1.165, 1.54) is 77.5 Å². The Morgan fingerprint density at radius 3 is 1.13 bits per heavy atom. The molecular formula is C18H40N8O4S-2. The lowest BCUT2D eigenvalue weighted by atomic mass is 10.2. The quantitative estimate of drug-likeness (QED) is 0.161. The fraction of sp³-hybridized carbons (Fsp3) is 0.889. The van der Waals surface area contributed by atoms with Crippen molar-refractivity contribution in [3.8, 4) is 0 Å². The Kier molecular flexibility index (Phi) is 17.0. The predicted octanol–water partition coefficient (Wildman–Crippen LogP) is -1.07. The van der Waals surface area contributed by atoms with E-state index >= 15 is 0 Å². The summed E-state index contributed by atoms with van der Waals surface area (Å²) in [6.45, 7) is 8.31. The molecule has 0 aromatic heterocycles. The SMILES string of the molecule is NC(N)=NCCN1CCCCCC1.NC(N)=NCCN1CCCCCC1.O=S(=O)([O-])[O-]. The van der Waals surface area contributed by atoms with E-state index in [0.29, 0.717) is 0 Å². The van der Waals surface area contributed by atoms with Gasteiger partial charge in [0.1, 0.15) is 0 Å². The van der Waals surface area contributed by atoms with Gasteiger partial charge in [-0.05, 0) is 51.9 Å². The van der Waals surface area contributed by atoms with Crippen molar-refractivity contribution in [2.24, 2.45) is 32.9 Å². The van der Waals surface area contributed by atoms with E-state index in [2.05, 4.69) is 19.8 Å². The van der Waals surface area contributed by atoms with Crippen LogP contribution in [0.1, 0.15) is 51.4 Å². The van der Waals surface area contributed by atoms with Crippen LogP contribution in [-0.4, -0.2) is 91.6 Å². The third kappa shape index (κ3) is 24.5. The van der Waals surface area contributed by atoms with Crippen molar-refractivity contribution in [2.75, 3.05) is 52.4 Å². The summed E-state index contributed by atoms with van der Waals surface area (Å²) in [5, 5.41) is 0. The molecule has 8 N–H and O–H groups in total. The van der Waals surface area contributed by atoms with Crippen molar-refractivity contribution in [2.45, 2.75) is 51.4 Å². The van der Waals surface area contributed by atoms with E-state index in [1.54, 1.807) is 0 Å². The minimum Gasteiger partial charge on any atom is -0.759 e. The smallest absolute Gasteiger partial charge is 0.185 e. The van der Waals surface area contributed by atoms with Gasteiger partial charge in [0, 0.05) is 23.5 Å². The largest absolute Gasteiger partial charge is 0.759 e. The second kappa shape index (κ2) is 18.0. The molecule has 0 radical (unpaired) electrons. The number of likely N-dealkylation sites (tertiary alicyclic amines) is 2. The fourth-order valence-corrected chi connectivity index (χ4v) is 3.36. The first kappa shape index (κ1) is 29.3. The molecular weight excluding hydrogens is 424 g/mol. The highest BCUT2D eigenvalue weighted by Crippen LogP contribution is 2.09. The maximum atomic E-state index is 8.52. The number of guanidine groups is 2. The van der Waals surface area contributed by atoms with Crippen molar-refractivity contribution in [3.63, 3.8) is 0 Å². The van der Waals surface area contributed by atoms with Crippen molar-refractivity contribution < 1.29 is 17.5 Å². The van der Waals surface area contributed by atoms with Gasteiger partial charge in [-0.2, -0.15) is 0 Å². The van der Waals surface area contributed by atoms with E-state index in [-0.39, 0.29) is 11.9 Å². The van der Waals surface area contributed by atoms with Crippen molar-refractivity contribution in [3.05, 3.63) is 0 Å². The summed E-state index contributed by atoms with van der Waals surface area (Å²) in [4.78, 5) is 12.8. The standard InChI is InChI=1S/2C9H20N4.H2O4S/c2*10-9(11)12-5-8-13-6-3-1-2-4-7-13;1-5(2,3)4/h2*1-8H2,(H4,10,11,12);(H2,1,2,3,4)/p-2. The van der Waals surface area contributed by atoms with Crippen molar-refractivity contribution >= 4 is 22.3 Å². The Bertz CT molecular complexity index is 546. The number of hydrogen-bond donors (Lipinski definition) is 4. The second-order valence-corrected chi connectivity index (χ2v) is 8.35. The monoisotopic (exact) mass is 464 g/mol. The third-order valence-electron chi connectivity index (χ3n) is 4.82. The molecule has 2 rings (SSSR count). The maximum absolute atomic E-state index is 8.52. The zero-order chi connectivity index (χ0) is 23.5. The normalized spacial score (nSPS) is 18.1. The van der Waals surface area contributed by atoms with Gasteiger partial charge < -0.3 is 41.8 Å². The molecule has 2 aliphatic rings. The van der Waals surface area contributed by atoms with Crippen LogP contribution in [0.2, 0.25) is 0 Å². The molecule has 0 saturated carbocycles. The molecule has 0 amide bonds. The Morgan fingerprint density at radius 2 is 0.903 bits per heavy atom. The Hall–Kier alpha value is -1.67. The molecule has 0 aromatic carbocycles. The highest BCUT2D eigenvalue weighted by molar-refractivity contribution is 7.79. The van der Waals surface area contributed by atoms with Crippen LogP contribution >= 0.6 is 0 Å². The van der Waals surface area contributed by atoms with Crippen LogP contribution < -0.4 is 22.9 Å². The van der Waals surface area contributed by atoms with Gasteiger partial charge in [-0.1, -0.05) is 25.7 Å². The highest BCUT2D eigenvalue weighted by atomic mass is 32.3. The second-order valence-electron chi connectivity index (χ2n) is 7.53. The van der Waals surface area contributed by atoms with Gasteiger partial charge in [0.2, 0.25) is 0 Å². The number of aliphatic imine (C=N–C) groups is 2. The molecule has 2 saturated heterocycles. The van der Waals surface area contributed by atoms with Crippen molar-refractivity contribution in [1.82, 2.24) is 9.80 Å². The maximum Gasteiger partial charge on any atom is 0.185 e. The average Bonchev–Trinajstić information content (AvgIpc) is 3.05. The minimum absolute atomic E-state index is 0.204. The summed E-state index contributed by atoms with van der Waals surface area (Å²) >= 11 is 0. The molecule has 2 heterocycles. The van der Waals surface area contributed by atoms with Gasteiger partial charge in [0.15, 0.2) is 11.9 Å². The summed E-state index contributed by atoms with van der Waals surface area (Å²) < 4.78 is 34.1. The Labute approximate surface area is 186 Å². The number of rotatable bonds is 6. The molecule has 2 fully saturated rings.